The van der Waals surface area contributed by atoms with Gasteiger partial charge in [-0.25, -0.2) is 9.79 Å². The molecule has 0 atom stereocenters. The fraction of sp³-hybridized carbons (Fsp3) is 0.125. The Kier molecular flexibility index (Phi) is 4.00. The first-order valence-corrected chi connectivity index (χ1v) is 7.75. The van der Waals surface area contributed by atoms with Crippen LogP contribution in [0.3, 0.4) is 0 Å². The minimum atomic E-state index is -0.482. The number of aryl methyl sites for hydroxylation is 1. The Morgan fingerprint density at radius 1 is 1.36 bits per heavy atom. The highest BCUT2D eigenvalue weighted by Crippen LogP contribution is 2.28. The van der Waals surface area contributed by atoms with Gasteiger partial charge in [0.2, 0.25) is 5.90 Å². The van der Waals surface area contributed by atoms with Crippen molar-refractivity contribution in [1.29, 1.82) is 0 Å². The highest BCUT2D eigenvalue weighted by atomic mass is 35.5. The van der Waals surface area contributed by atoms with Crippen LogP contribution < -0.4 is 4.74 Å². The molecule has 22 heavy (non-hydrogen) atoms. The largest absolute Gasteiger partial charge is 0.496 e. The van der Waals surface area contributed by atoms with Gasteiger partial charge in [-0.3, -0.25) is 0 Å². The fourth-order valence-corrected chi connectivity index (χ4v) is 3.05. The van der Waals surface area contributed by atoms with Crippen molar-refractivity contribution in [3.05, 3.63) is 56.4 Å². The lowest BCUT2D eigenvalue weighted by molar-refractivity contribution is -0.129. The molecule has 1 aromatic heterocycles. The Morgan fingerprint density at radius 3 is 2.86 bits per heavy atom. The highest BCUT2D eigenvalue weighted by Gasteiger charge is 2.26. The molecule has 112 valence electrons. The lowest BCUT2D eigenvalue weighted by Gasteiger charge is -2.07. The van der Waals surface area contributed by atoms with E-state index in [-0.39, 0.29) is 11.6 Å². The SMILES string of the molecule is COc1ccc(Cl)cc1C1=N/C(=C\c2sccc2C)C(=O)O1. The maximum Gasteiger partial charge on any atom is 0.363 e. The van der Waals surface area contributed by atoms with Gasteiger partial charge in [0.05, 0.1) is 12.7 Å². The van der Waals surface area contributed by atoms with E-state index < -0.39 is 5.97 Å². The average molecular weight is 334 g/mol. The van der Waals surface area contributed by atoms with Gasteiger partial charge >= 0.3 is 5.97 Å². The Labute approximate surface area is 136 Å². The van der Waals surface area contributed by atoms with Gasteiger partial charge in [0.15, 0.2) is 5.70 Å². The molecular formula is C16H12ClNO3S. The molecule has 0 saturated carbocycles. The summed E-state index contributed by atoms with van der Waals surface area (Å²) in [6.07, 6.45) is 1.73. The number of halogens is 1. The standard InChI is InChI=1S/C16H12ClNO3S/c1-9-5-6-22-14(9)8-12-16(19)21-15(18-12)11-7-10(17)3-4-13(11)20-2/h3-8H,1-2H3/b12-8-. The van der Waals surface area contributed by atoms with Gasteiger partial charge in [-0.05, 0) is 48.2 Å². The number of cyclic esters (lactones) is 1. The molecule has 0 radical (unpaired) electrons. The van der Waals surface area contributed by atoms with E-state index in [1.54, 1.807) is 35.6 Å². The molecular weight excluding hydrogens is 322 g/mol. The van der Waals surface area contributed by atoms with E-state index >= 15 is 0 Å². The van der Waals surface area contributed by atoms with Crippen molar-refractivity contribution in [3.8, 4) is 5.75 Å². The molecule has 0 fully saturated rings. The van der Waals surface area contributed by atoms with Gasteiger partial charge in [-0.15, -0.1) is 11.3 Å². The van der Waals surface area contributed by atoms with Crippen LogP contribution >= 0.6 is 22.9 Å². The number of ether oxygens (including phenoxy) is 2. The lowest BCUT2D eigenvalue weighted by atomic mass is 10.2. The van der Waals surface area contributed by atoms with Crippen LogP contribution in [0, 0.1) is 6.92 Å². The lowest BCUT2D eigenvalue weighted by Crippen LogP contribution is -2.07. The molecule has 1 aromatic carbocycles. The van der Waals surface area contributed by atoms with E-state index in [4.69, 9.17) is 21.1 Å². The van der Waals surface area contributed by atoms with Crippen LogP contribution in [-0.2, 0) is 9.53 Å². The molecule has 6 heteroatoms. The number of nitrogens with zero attached hydrogens (tertiary/aromatic N) is 1. The number of aliphatic imine (C=N–C) groups is 1. The van der Waals surface area contributed by atoms with Crippen LogP contribution in [-0.4, -0.2) is 19.0 Å². The van der Waals surface area contributed by atoms with E-state index in [9.17, 15) is 4.79 Å². The molecule has 0 unspecified atom stereocenters. The molecule has 4 nitrogen and oxygen atoms in total. The first kappa shape index (κ1) is 14.8. The Bertz CT molecular complexity index is 807. The van der Waals surface area contributed by atoms with Crippen LogP contribution in [0.4, 0.5) is 0 Å². The number of hydrogen-bond donors (Lipinski definition) is 0. The van der Waals surface area contributed by atoms with Crippen LogP contribution in [0.2, 0.25) is 5.02 Å². The summed E-state index contributed by atoms with van der Waals surface area (Å²) >= 11 is 7.54. The van der Waals surface area contributed by atoms with Crippen molar-refractivity contribution in [2.75, 3.05) is 7.11 Å². The number of carbonyl (C=O) groups excluding carboxylic acids is 1. The molecule has 2 heterocycles. The van der Waals surface area contributed by atoms with Gasteiger partial charge < -0.3 is 9.47 Å². The summed E-state index contributed by atoms with van der Waals surface area (Å²) in [5, 5.41) is 2.48. The van der Waals surface area contributed by atoms with E-state index in [0.29, 0.717) is 16.3 Å². The number of hydrogen-bond acceptors (Lipinski definition) is 5. The Hall–Kier alpha value is -2.11. The third kappa shape index (κ3) is 2.77. The summed E-state index contributed by atoms with van der Waals surface area (Å²) in [4.78, 5) is 17.3. The smallest absolute Gasteiger partial charge is 0.363 e. The average Bonchev–Trinajstić information content (AvgIpc) is 3.06. The molecule has 0 bridgehead atoms. The molecule has 0 amide bonds. The number of thiophene rings is 1. The zero-order valence-corrected chi connectivity index (χ0v) is 13.5. The molecule has 1 aliphatic heterocycles. The first-order chi connectivity index (χ1) is 10.6. The van der Waals surface area contributed by atoms with Crippen molar-refractivity contribution in [3.63, 3.8) is 0 Å². The zero-order chi connectivity index (χ0) is 15.7. The molecule has 0 spiro atoms. The minimum Gasteiger partial charge on any atom is -0.496 e. The molecule has 0 saturated heterocycles. The van der Waals surface area contributed by atoms with Crippen LogP contribution in [0.15, 0.2) is 40.3 Å². The highest BCUT2D eigenvalue weighted by molar-refractivity contribution is 7.11. The predicted molar refractivity (Wildman–Crippen MR) is 87.7 cm³/mol. The third-order valence-corrected chi connectivity index (χ3v) is 4.38. The second-order valence-corrected chi connectivity index (χ2v) is 6.03. The van der Waals surface area contributed by atoms with Gasteiger partial charge in [-0.2, -0.15) is 0 Å². The number of methoxy groups -OCH3 is 1. The van der Waals surface area contributed by atoms with E-state index in [1.165, 1.54) is 7.11 Å². The Balaban J connectivity index is 2.02. The van der Waals surface area contributed by atoms with Gasteiger partial charge in [0, 0.05) is 9.90 Å². The summed E-state index contributed by atoms with van der Waals surface area (Å²) in [7, 11) is 1.54. The molecule has 2 aromatic rings. The maximum absolute atomic E-state index is 12.0. The van der Waals surface area contributed by atoms with Crippen LogP contribution in [0.1, 0.15) is 16.0 Å². The number of carbonyl (C=O) groups is 1. The quantitative estimate of drug-likeness (QED) is 0.628. The zero-order valence-electron chi connectivity index (χ0n) is 11.9. The molecule has 1 aliphatic rings. The van der Waals surface area contributed by atoms with Crippen LogP contribution in [0.5, 0.6) is 5.75 Å². The Morgan fingerprint density at radius 2 is 2.18 bits per heavy atom. The summed E-state index contributed by atoms with van der Waals surface area (Å²) in [5.74, 6) is 0.263. The second kappa shape index (κ2) is 5.94. The van der Waals surface area contributed by atoms with Gasteiger partial charge in [-0.1, -0.05) is 11.6 Å². The van der Waals surface area contributed by atoms with Crippen molar-refractivity contribution in [1.82, 2.24) is 0 Å². The summed E-state index contributed by atoms with van der Waals surface area (Å²) in [6, 6.07) is 7.06. The first-order valence-electron chi connectivity index (χ1n) is 6.49. The predicted octanol–water partition coefficient (Wildman–Crippen LogP) is 4.06. The minimum absolute atomic E-state index is 0.199. The normalized spacial score (nSPS) is 15.9. The third-order valence-electron chi connectivity index (χ3n) is 3.18. The summed E-state index contributed by atoms with van der Waals surface area (Å²) in [6.45, 7) is 1.98. The summed E-state index contributed by atoms with van der Waals surface area (Å²) < 4.78 is 10.5. The van der Waals surface area contributed by atoms with E-state index in [0.717, 1.165) is 10.4 Å². The summed E-state index contributed by atoms with van der Waals surface area (Å²) in [5.41, 5.74) is 1.91. The molecule has 0 aliphatic carbocycles. The van der Waals surface area contributed by atoms with E-state index in [1.807, 2.05) is 18.4 Å². The monoisotopic (exact) mass is 333 g/mol. The maximum atomic E-state index is 12.0. The van der Waals surface area contributed by atoms with Gasteiger partial charge in [0.1, 0.15) is 5.75 Å². The topological polar surface area (TPSA) is 47.9 Å². The van der Waals surface area contributed by atoms with Crippen molar-refractivity contribution >= 4 is 40.9 Å². The number of rotatable bonds is 3. The fourth-order valence-electron chi connectivity index (χ4n) is 2.03. The van der Waals surface area contributed by atoms with Crippen molar-refractivity contribution in [2.45, 2.75) is 6.92 Å². The second-order valence-electron chi connectivity index (χ2n) is 4.65. The van der Waals surface area contributed by atoms with E-state index in [2.05, 4.69) is 4.99 Å². The molecule has 0 N–H and O–H groups in total. The van der Waals surface area contributed by atoms with Crippen LogP contribution in [0.25, 0.3) is 6.08 Å². The van der Waals surface area contributed by atoms with Crippen molar-refractivity contribution < 1.29 is 14.3 Å². The molecule has 3 rings (SSSR count). The number of benzene rings is 1. The number of esters is 1. The van der Waals surface area contributed by atoms with Gasteiger partial charge in [0.25, 0.3) is 0 Å². The van der Waals surface area contributed by atoms with Crippen molar-refractivity contribution in [2.24, 2.45) is 4.99 Å².